The summed E-state index contributed by atoms with van der Waals surface area (Å²) in [5.74, 6) is 0. The number of nitrogens with one attached hydrogen (secondary N) is 2. The van der Waals surface area contributed by atoms with Gasteiger partial charge in [-0.25, -0.2) is 4.98 Å². The third-order valence-corrected chi connectivity index (χ3v) is 6.56. The van der Waals surface area contributed by atoms with Crippen LogP contribution in [0.4, 0.5) is 0 Å². The van der Waals surface area contributed by atoms with Crippen molar-refractivity contribution < 1.29 is 0 Å². The first kappa shape index (κ1) is 15.6. The monoisotopic (exact) mass is 452 g/mol. The third-order valence-electron chi connectivity index (χ3n) is 4.12. The molecule has 2 aromatic heterocycles. The maximum absolute atomic E-state index is 4.47. The van der Waals surface area contributed by atoms with Crippen molar-refractivity contribution in [1.29, 1.82) is 0 Å². The molecule has 1 unspecified atom stereocenters. The van der Waals surface area contributed by atoms with Crippen LogP contribution in [0.2, 0.25) is 0 Å². The molecule has 1 aliphatic carbocycles. The first-order chi connectivity index (χ1) is 11.2. The molecular weight excluding hydrogens is 440 g/mol. The molecule has 0 spiro atoms. The second-order valence-electron chi connectivity index (χ2n) is 5.63. The lowest BCUT2D eigenvalue weighted by atomic mass is 9.88. The van der Waals surface area contributed by atoms with Crippen molar-refractivity contribution >= 4 is 54.8 Å². The summed E-state index contributed by atoms with van der Waals surface area (Å²) >= 11 is 8.78. The maximum Gasteiger partial charge on any atom is 0.155 e. The van der Waals surface area contributed by atoms with Crippen LogP contribution in [0.5, 0.6) is 0 Å². The van der Waals surface area contributed by atoms with Gasteiger partial charge in [0.15, 0.2) is 5.65 Å². The third kappa shape index (κ3) is 3.20. The molecular formula is C16H14Br2N4S. The van der Waals surface area contributed by atoms with Gasteiger partial charge in [0, 0.05) is 31.5 Å². The Morgan fingerprint density at radius 3 is 3.04 bits per heavy atom. The van der Waals surface area contributed by atoms with Crippen LogP contribution in [0.1, 0.15) is 17.5 Å². The quantitative estimate of drug-likeness (QED) is 0.567. The van der Waals surface area contributed by atoms with Crippen molar-refractivity contribution in [1.82, 2.24) is 19.9 Å². The largest absolute Gasteiger partial charge is 0.261 e. The van der Waals surface area contributed by atoms with Crippen LogP contribution in [-0.4, -0.2) is 21.2 Å². The summed E-state index contributed by atoms with van der Waals surface area (Å²) in [5, 5.41) is 8.22. The molecule has 0 fully saturated rings. The molecule has 1 atom stereocenters. The fourth-order valence-electron chi connectivity index (χ4n) is 2.95. The van der Waals surface area contributed by atoms with Gasteiger partial charge in [0.25, 0.3) is 0 Å². The molecule has 1 aliphatic rings. The predicted octanol–water partition coefficient (Wildman–Crippen LogP) is 4.64. The minimum absolute atomic E-state index is 0.453. The van der Waals surface area contributed by atoms with E-state index in [9.17, 15) is 0 Å². The number of halogens is 2. The van der Waals surface area contributed by atoms with Crippen molar-refractivity contribution in [2.75, 3.05) is 0 Å². The van der Waals surface area contributed by atoms with E-state index < -0.39 is 0 Å². The van der Waals surface area contributed by atoms with Crippen molar-refractivity contribution in [3.8, 4) is 0 Å². The van der Waals surface area contributed by atoms with Gasteiger partial charge in [-0.05, 0) is 76.5 Å². The molecule has 2 heterocycles. The molecule has 7 heteroatoms. The zero-order chi connectivity index (χ0) is 15.8. The number of hydrogen-bond acceptors (Lipinski definition) is 4. The lowest BCUT2D eigenvalue weighted by Crippen LogP contribution is -2.30. The van der Waals surface area contributed by atoms with Crippen LogP contribution in [0.25, 0.3) is 11.0 Å². The topological polar surface area (TPSA) is 53.6 Å². The highest BCUT2D eigenvalue weighted by molar-refractivity contribution is 9.11. The summed E-state index contributed by atoms with van der Waals surface area (Å²) in [5.41, 5.74) is 3.62. The average molecular weight is 454 g/mol. The van der Waals surface area contributed by atoms with E-state index in [0.717, 1.165) is 33.9 Å². The molecule has 1 aromatic carbocycles. The van der Waals surface area contributed by atoms with E-state index in [1.54, 1.807) is 11.9 Å². The Morgan fingerprint density at radius 2 is 2.17 bits per heavy atom. The zero-order valence-corrected chi connectivity index (χ0v) is 16.1. The van der Waals surface area contributed by atoms with Crippen LogP contribution in [0.15, 0.2) is 44.4 Å². The van der Waals surface area contributed by atoms with Crippen LogP contribution >= 0.6 is 43.8 Å². The first-order valence-electron chi connectivity index (χ1n) is 7.38. The molecule has 2 N–H and O–H groups in total. The van der Waals surface area contributed by atoms with Crippen molar-refractivity contribution in [2.45, 2.75) is 30.2 Å². The van der Waals surface area contributed by atoms with Gasteiger partial charge in [-0.1, -0.05) is 15.9 Å². The van der Waals surface area contributed by atoms with Crippen molar-refractivity contribution in [3.63, 3.8) is 0 Å². The van der Waals surface area contributed by atoms with Gasteiger partial charge in [0.05, 0.1) is 6.20 Å². The van der Waals surface area contributed by atoms with Crippen molar-refractivity contribution in [3.05, 3.63) is 50.7 Å². The van der Waals surface area contributed by atoms with E-state index in [0.29, 0.717) is 6.04 Å². The second-order valence-corrected chi connectivity index (χ2v) is 8.28. The van der Waals surface area contributed by atoms with E-state index in [1.807, 2.05) is 12.4 Å². The minimum Gasteiger partial charge on any atom is -0.261 e. The number of benzene rings is 1. The molecule has 0 bridgehead atoms. The summed E-state index contributed by atoms with van der Waals surface area (Å²) in [6.45, 7) is 0. The lowest BCUT2D eigenvalue weighted by molar-refractivity contribution is 0.547. The highest BCUT2D eigenvalue weighted by Crippen LogP contribution is 2.31. The normalized spacial score (nSPS) is 17.4. The number of fused-ring (bicyclic) bond motifs is 3. The highest BCUT2D eigenvalue weighted by Gasteiger charge is 2.21. The number of rotatable bonds is 3. The van der Waals surface area contributed by atoms with Gasteiger partial charge in [0.2, 0.25) is 0 Å². The Morgan fingerprint density at radius 1 is 1.26 bits per heavy atom. The van der Waals surface area contributed by atoms with Gasteiger partial charge in [-0.15, -0.1) is 0 Å². The van der Waals surface area contributed by atoms with Gasteiger partial charge >= 0.3 is 0 Å². The predicted molar refractivity (Wildman–Crippen MR) is 101 cm³/mol. The number of hydrogen-bond donors (Lipinski definition) is 2. The smallest absolute Gasteiger partial charge is 0.155 e. The Kier molecular flexibility index (Phi) is 4.45. The number of aryl methyl sites for hydroxylation is 1. The van der Waals surface area contributed by atoms with Gasteiger partial charge < -0.3 is 0 Å². The molecule has 3 aromatic rings. The van der Waals surface area contributed by atoms with E-state index in [1.165, 1.54) is 21.4 Å². The van der Waals surface area contributed by atoms with Crippen LogP contribution < -0.4 is 4.72 Å². The standard InChI is InChI=1S/C16H14Br2N4S/c17-10-1-4-15(14(18)6-10)23-22-11-2-3-12-9(5-11)7-19-16-13(12)8-20-21-16/h1,4,6-8,11,22H,2-3,5H2,(H,19,20,21). The second kappa shape index (κ2) is 6.55. The average Bonchev–Trinajstić information content (AvgIpc) is 3.02. The Bertz CT molecular complexity index is 864. The van der Waals surface area contributed by atoms with Gasteiger partial charge in [-0.2, -0.15) is 5.10 Å². The summed E-state index contributed by atoms with van der Waals surface area (Å²) in [7, 11) is 0. The summed E-state index contributed by atoms with van der Waals surface area (Å²) in [6, 6.07) is 6.69. The SMILES string of the molecule is Brc1ccc(SNC2CCc3c(cnc4[nH]ncc34)C2)c(Br)c1. The van der Waals surface area contributed by atoms with Gasteiger partial charge in [-0.3, -0.25) is 9.82 Å². The van der Waals surface area contributed by atoms with Crippen LogP contribution in [0, 0.1) is 0 Å². The van der Waals surface area contributed by atoms with E-state index in [-0.39, 0.29) is 0 Å². The Hall–Kier alpha value is -0.890. The van der Waals surface area contributed by atoms with Crippen molar-refractivity contribution in [2.24, 2.45) is 0 Å². The number of nitrogens with zero attached hydrogens (tertiary/aromatic N) is 2. The lowest BCUT2D eigenvalue weighted by Gasteiger charge is -2.25. The number of aromatic nitrogens is 3. The molecule has 4 nitrogen and oxygen atoms in total. The highest BCUT2D eigenvalue weighted by atomic mass is 79.9. The summed E-state index contributed by atoms with van der Waals surface area (Å²) < 4.78 is 5.78. The van der Waals surface area contributed by atoms with Crippen LogP contribution in [0.3, 0.4) is 0 Å². The zero-order valence-electron chi connectivity index (χ0n) is 12.1. The van der Waals surface area contributed by atoms with Crippen LogP contribution in [-0.2, 0) is 12.8 Å². The Labute approximate surface area is 155 Å². The fraction of sp³-hybridized carbons (Fsp3) is 0.250. The minimum atomic E-state index is 0.453. The van der Waals surface area contributed by atoms with E-state index in [2.05, 4.69) is 70.0 Å². The fourth-order valence-corrected chi connectivity index (χ4v) is 5.03. The summed E-state index contributed by atoms with van der Waals surface area (Å²) in [6.07, 6.45) is 7.07. The summed E-state index contributed by atoms with van der Waals surface area (Å²) in [4.78, 5) is 5.66. The molecule has 0 radical (unpaired) electrons. The van der Waals surface area contributed by atoms with Gasteiger partial charge in [0.1, 0.15) is 0 Å². The number of aromatic amines is 1. The first-order valence-corrected chi connectivity index (χ1v) is 9.78. The molecule has 118 valence electrons. The molecule has 23 heavy (non-hydrogen) atoms. The van der Waals surface area contributed by atoms with E-state index in [4.69, 9.17) is 0 Å². The molecule has 0 saturated heterocycles. The number of pyridine rings is 1. The van der Waals surface area contributed by atoms with E-state index >= 15 is 0 Å². The number of H-pyrrole nitrogens is 1. The molecule has 0 saturated carbocycles. The Balaban J connectivity index is 1.48. The maximum atomic E-state index is 4.47. The molecule has 4 rings (SSSR count). The molecule has 0 amide bonds. The molecule has 0 aliphatic heterocycles.